The molecular formula is C17H27N3O3. The number of carbonyl (C=O) groups excluding carboxylic acids is 1. The molecule has 0 saturated carbocycles. The molecule has 1 amide bonds. The lowest BCUT2D eigenvalue weighted by atomic mass is 10.1. The minimum absolute atomic E-state index is 0.239. The predicted octanol–water partition coefficient (Wildman–Crippen LogP) is 2.95. The van der Waals surface area contributed by atoms with Crippen molar-refractivity contribution in [1.29, 1.82) is 0 Å². The summed E-state index contributed by atoms with van der Waals surface area (Å²) in [7, 11) is 0. The number of nitrogens with zero attached hydrogens (tertiary/aromatic N) is 2. The molecular weight excluding hydrogens is 294 g/mol. The fraction of sp³-hybridized carbons (Fsp3) is 0.647. The lowest BCUT2D eigenvalue weighted by Crippen LogP contribution is -2.39. The maximum Gasteiger partial charge on any atom is 0.410 e. The molecule has 0 fully saturated rings. The van der Waals surface area contributed by atoms with E-state index < -0.39 is 5.60 Å². The van der Waals surface area contributed by atoms with Crippen molar-refractivity contribution in [2.24, 2.45) is 0 Å². The molecule has 0 bridgehead atoms. The van der Waals surface area contributed by atoms with Crippen molar-refractivity contribution in [1.82, 2.24) is 15.4 Å². The van der Waals surface area contributed by atoms with Gasteiger partial charge in [0.15, 0.2) is 0 Å². The van der Waals surface area contributed by atoms with E-state index in [9.17, 15) is 4.79 Å². The van der Waals surface area contributed by atoms with Gasteiger partial charge in [-0.05, 0) is 41.0 Å². The normalized spacial score (nSPS) is 15.5. The first-order valence-corrected chi connectivity index (χ1v) is 8.04. The highest BCUT2D eigenvalue weighted by atomic mass is 16.6. The van der Waals surface area contributed by atoms with Crippen molar-refractivity contribution in [3.05, 3.63) is 28.7 Å². The van der Waals surface area contributed by atoms with E-state index in [1.54, 1.807) is 4.90 Å². The standard InChI is InChI=1S/C17H27N3O3/c1-12-15(13(2)23-19-12)11-18-10-14-6-8-20(9-7-14)16(21)22-17(3,4)5/h6,18H,7-11H2,1-5H3. The Morgan fingerprint density at radius 2 is 2.13 bits per heavy atom. The number of hydrogen-bond donors (Lipinski definition) is 1. The topological polar surface area (TPSA) is 67.6 Å². The summed E-state index contributed by atoms with van der Waals surface area (Å²) in [5.41, 5.74) is 2.92. The molecule has 0 radical (unpaired) electrons. The van der Waals surface area contributed by atoms with Crippen molar-refractivity contribution in [2.75, 3.05) is 19.6 Å². The van der Waals surface area contributed by atoms with Gasteiger partial charge in [0.2, 0.25) is 0 Å². The average molecular weight is 321 g/mol. The summed E-state index contributed by atoms with van der Waals surface area (Å²) < 4.78 is 10.5. The van der Waals surface area contributed by atoms with Crippen molar-refractivity contribution in [2.45, 2.75) is 53.2 Å². The quantitative estimate of drug-likeness (QED) is 0.864. The van der Waals surface area contributed by atoms with Crippen LogP contribution in [0.3, 0.4) is 0 Å². The first-order valence-electron chi connectivity index (χ1n) is 8.04. The van der Waals surface area contributed by atoms with Crippen LogP contribution >= 0.6 is 0 Å². The molecule has 0 aliphatic carbocycles. The molecule has 0 aromatic carbocycles. The molecule has 1 aromatic heterocycles. The predicted molar refractivity (Wildman–Crippen MR) is 88.2 cm³/mol. The van der Waals surface area contributed by atoms with Gasteiger partial charge in [0.25, 0.3) is 0 Å². The number of rotatable bonds is 4. The molecule has 0 saturated heterocycles. The van der Waals surface area contributed by atoms with Crippen LogP contribution in [0.25, 0.3) is 0 Å². The maximum atomic E-state index is 12.0. The number of amides is 1. The highest BCUT2D eigenvalue weighted by Gasteiger charge is 2.23. The van der Waals surface area contributed by atoms with Gasteiger partial charge in [-0.2, -0.15) is 0 Å². The Hall–Kier alpha value is -1.82. The SMILES string of the molecule is Cc1noc(C)c1CNCC1=CCN(C(=O)OC(C)(C)C)CC1. The second kappa shape index (κ2) is 7.17. The molecule has 1 aliphatic heterocycles. The zero-order valence-electron chi connectivity index (χ0n) is 14.7. The second-order valence-electron chi connectivity index (χ2n) is 6.95. The molecule has 0 unspecified atom stereocenters. The highest BCUT2D eigenvalue weighted by molar-refractivity contribution is 5.68. The van der Waals surface area contributed by atoms with E-state index in [1.165, 1.54) is 5.57 Å². The Kier molecular flexibility index (Phi) is 5.46. The molecule has 6 heteroatoms. The molecule has 2 rings (SSSR count). The molecule has 0 spiro atoms. The van der Waals surface area contributed by atoms with E-state index in [0.717, 1.165) is 36.5 Å². The van der Waals surface area contributed by atoms with Gasteiger partial charge < -0.3 is 19.5 Å². The van der Waals surface area contributed by atoms with E-state index in [2.05, 4.69) is 16.5 Å². The lowest BCUT2D eigenvalue weighted by Gasteiger charge is -2.29. The summed E-state index contributed by atoms with van der Waals surface area (Å²) in [4.78, 5) is 13.7. The third-order valence-corrected chi connectivity index (χ3v) is 3.79. The zero-order chi connectivity index (χ0) is 17.0. The summed E-state index contributed by atoms with van der Waals surface area (Å²) in [6, 6.07) is 0. The van der Waals surface area contributed by atoms with Gasteiger partial charge in [-0.1, -0.05) is 16.8 Å². The van der Waals surface area contributed by atoms with Crippen LogP contribution in [0.1, 0.15) is 44.2 Å². The molecule has 1 N–H and O–H groups in total. The fourth-order valence-corrected chi connectivity index (χ4v) is 2.47. The minimum Gasteiger partial charge on any atom is -0.444 e. The van der Waals surface area contributed by atoms with Gasteiger partial charge in [-0.3, -0.25) is 0 Å². The largest absolute Gasteiger partial charge is 0.444 e. The Labute approximate surface area is 137 Å². The summed E-state index contributed by atoms with van der Waals surface area (Å²) >= 11 is 0. The lowest BCUT2D eigenvalue weighted by molar-refractivity contribution is 0.0265. The van der Waals surface area contributed by atoms with Crippen LogP contribution in [-0.2, 0) is 11.3 Å². The summed E-state index contributed by atoms with van der Waals surface area (Å²) in [6.07, 6.45) is 2.73. The average Bonchev–Trinajstić information content (AvgIpc) is 2.78. The number of aromatic nitrogens is 1. The van der Waals surface area contributed by atoms with E-state index in [0.29, 0.717) is 13.1 Å². The van der Waals surface area contributed by atoms with Crippen LogP contribution in [0.5, 0.6) is 0 Å². The van der Waals surface area contributed by atoms with Gasteiger partial charge in [0.1, 0.15) is 11.4 Å². The van der Waals surface area contributed by atoms with Crippen LogP contribution in [0.4, 0.5) is 4.79 Å². The van der Waals surface area contributed by atoms with Crippen molar-refractivity contribution >= 4 is 6.09 Å². The number of nitrogens with one attached hydrogen (secondary N) is 1. The van der Waals surface area contributed by atoms with E-state index in [-0.39, 0.29) is 6.09 Å². The Morgan fingerprint density at radius 1 is 1.39 bits per heavy atom. The van der Waals surface area contributed by atoms with Gasteiger partial charge in [-0.25, -0.2) is 4.79 Å². The molecule has 128 valence electrons. The fourth-order valence-electron chi connectivity index (χ4n) is 2.47. The molecule has 6 nitrogen and oxygen atoms in total. The smallest absolute Gasteiger partial charge is 0.410 e. The second-order valence-corrected chi connectivity index (χ2v) is 6.95. The zero-order valence-corrected chi connectivity index (χ0v) is 14.7. The Balaban J connectivity index is 1.78. The van der Waals surface area contributed by atoms with Crippen LogP contribution in [-0.4, -0.2) is 41.4 Å². The third kappa shape index (κ3) is 5.10. The van der Waals surface area contributed by atoms with Crippen molar-refractivity contribution < 1.29 is 14.1 Å². The monoisotopic (exact) mass is 321 g/mol. The molecule has 1 aliphatic rings. The van der Waals surface area contributed by atoms with Crippen molar-refractivity contribution in [3.63, 3.8) is 0 Å². The van der Waals surface area contributed by atoms with Crippen LogP contribution < -0.4 is 5.32 Å². The summed E-state index contributed by atoms with van der Waals surface area (Å²) in [5.74, 6) is 0.865. The summed E-state index contributed by atoms with van der Waals surface area (Å²) in [6.45, 7) is 12.4. The molecule has 2 heterocycles. The van der Waals surface area contributed by atoms with Crippen molar-refractivity contribution in [3.8, 4) is 0 Å². The summed E-state index contributed by atoms with van der Waals surface area (Å²) in [5, 5.41) is 7.37. The van der Waals surface area contributed by atoms with Gasteiger partial charge in [0.05, 0.1) is 5.69 Å². The highest BCUT2D eigenvalue weighted by Crippen LogP contribution is 2.16. The molecule has 1 aromatic rings. The van der Waals surface area contributed by atoms with Gasteiger partial charge in [-0.15, -0.1) is 0 Å². The van der Waals surface area contributed by atoms with Crippen LogP contribution in [0.2, 0.25) is 0 Å². The molecule has 23 heavy (non-hydrogen) atoms. The van der Waals surface area contributed by atoms with Gasteiger partial charge >= 0.3 is 6.09 Å². The number of hydrogen-bond acceptors (Lipinski definition) is 5. The van der Waals surface area contributed by atoms with Crippen LogP contribution in [0, 0.1) is 13.8 Å². The number of ether oxygens (including phenoxy) is 1. The Bertz CT molecular complexity index is 565. The Morgan fingerprint density at radius 3 is 2.65 bits per heavy atom. The molecule has 0 atom stereocenters. The van der Waals surface area contributed by atoms with Crippen LogP contribution in [0.15, 0.2) is 16.2 Å². The minimum atomic E-state index is -0.447. The van der Waals surface area contributed by atoms with E-state index in [1.807, 2.05) is 34.6 Å². The first-order chi connectivity index (χ1) is 10.8. The first kappa shape index (κ1) is 17.5. The third-order valence-electron chi connectivity index (χ3n) is 3.79. The number of aryl methyl sites for hydroxylation is 2. The number of carbonyl (C=O) groups is 1. The van der Waals surface area contributed by atoms with Gasteiger partial charge in [0, 0.05) is 31.7 Å². The van der Waals surface area contributed by atoms with E-state index in [4.69, 9.17) is 9.26 Å². The maximum absolute atomic E-state index is 12.0. The van der Waals surface area contributed by atoms with E-state index >= 15 is 0 Å².